The van der Waals surface area contributed by atoms with Gasteiger partial charge in [-0.25, -0.2) is 0 Å². The maximum Gasteiger partial charge on any atom is 0.0691 e. The van der Waals surface area contributed by atoms with Crippen LogP contribution in [-0.2, 0) is 26.2 Å². The summed E-state index contributed by atoms with van der Waals surface area (Å²) >= 11 is 0. The van der Waals surface area contributed by atoms with Crippen molar-refractivity contribution < 1.29 is 26.2 Å². The van der Waals surface area contributed by atoms with Gasteiger partial charge in [0.1, 0.15) is 0 Å². The summed E-state index contributed by atoms with van der Waals surface area (Å²) in [6.07, 6.45) is 4.23. The zero-order chi connectivity index (χ0) is 3.54. The first-order valence-electron chi connectivity index (χ1n) is 1.82. The minimum absolute atomic E-state index is 0. The summed E-state index contributed by atoms with van der Waals surface area (Å²) in [5, 5.41) is 0. The van der Waals surface area contributed by atoms with Crippen LogP contribution in [-0.4, -0.2) is 9.52 Å². The SMILES string of the molecule is C1=C[SiH2]C=C1.[Zr]. The number of allylic oxidation sites excluding steroid dienone is 2. The van der Waals surface area contributed by atoms with Gasteiger partial charge in [0.15, 0.2) is 0 Å². The van der Waals surface area contributed by atoms with E-state index in [4.69, 9.17) is 0 Å². The fraction of sp³-hybridized carbons (Fsp3) is 0. The Bertz CT molecular complexity index is 65.6. The van der Waals surface area contributed by atoms with E-state index in [0.29, 0.717) is 0 Å². The van der Waals surface area contributed by atoms with Crippen LogP contribution in [0.4, 0.5) is 0 Å². The van der Waals surface area contributed by atoms with Crippen molar-refractivity contribution >= 4 is 9.52 Å². The van der Waals surface area contributed by atoms with Crippen LogP contribution in [0.2, 0.25) is 0 Å². The van der Waals surface area contributed by atoms with E-state index >= 15 is 0 Å². The van der Waals surface area contributed by atoms with E-state index in [1.807, 2.05) is 0 Å². The van der Waals surface area contributed by atoms with Crippen molar-refractivity contribution in [2.75, 3.05) is 0 Å². The molecule has 0 spiro atoms. The second-order valence-corrected chi connectivity index (χ2v) is 2.51. The fourth-order valence-electron chi connectivity index (χ4n) is 0.393. The molecule has 0 aromatic heterocycles. The molecule has 0 saturated carbocycles. The molecule has 30 valence electrons. The van der Waals surface area contributed by atoms with Gasteiger partial charge < -0.3 is 0 Å². The standard InChI is InChI=1S/C4H6Si.Zr/c1-2-4-5-3-1;/h1-4H,5H2;. The van der Waals surface area contributed by atoms with Crippen molar-refractivity contribution in [3.05, 3.63) is 23.6 Å². The summed E-state index contributed by atoms with van der Waals surface area (Å²) < 4.78 is 0. The molecule has 1 heterocycles. The molecule has 0 saturated heterocycles. The van der Waals surface area contributed by atoms with Gasteiger partial charge in [-0.15, -0.1) is 0 Å². The minimum Gasteiger partial charge on any atom is -0.0969 e. The molecule has 0 atom stereocenters. The number of rotatable bonds is 0. The first-order chi connectivity index (χ1) is 2.50. The Kier molecular flexibility index (Phi) is 4.12. The predicted octanol–water partition coefficient (Wildman–Crippen LogP) is 0.194. The smallest absolute Gasteiger partial charge is 0.0691 e. The van der Waals surface area contributed by atoms with Crippen LogP contribution in [0.1, 0.15) is 0 Å². The summed E-state index contributed by atoms with van der Waals surface area (Å²) in [5.41, 5.74) is 4.53. The molecule has 0 N–H and O–H groups in total. The Labute approximate surface area is 59.3 Å². The summed E-state index contributed by atoms with van der Waals surface area (Å²) in [6.45, 7) is 0. The normalized spacial score (nSPS) is 14.7. The molecular weight excluding hydrogens is 167 g/mol. The number of hydrogen-bond acceptors (Lipinski definition) is 0. The summed E-state index contributed by atoms with van der Waals surface area (Å²) in [7, 11) is 0.182. The molecule has 0 unspecified atom stereocenters. The van der Waals surface area contributed by atoms with Crippen molar-refractivity contribution in [1.29, 1.82) is 0 Å². The Morgan fingerprint density at radius 3 is 1.67 bits per heavy atom. The molecule has 0 radical (unpaired) electrons. The summed E-state index contributed by atoms with van der Waals surface area (Å²) in [5.74, 6) is 0. The second kappa shape index (κ2) is 3.76. The molecule has 0 aromatic carbocycles. The molecule has 1 rings (SSSR count). The molecule has 0 fully saturated rings. The zero-order valence-corrected chi connectivity index (χ0v) is 7.39. The van der Waals surface area contributed by atoms with E-state index in [2.05, 4.69) is 23.6 Å². The van der Waals surface area contributed by atoms with Gasteiger partial charge in [-0.05, 0) is 0 Å². The quantitative estimate of drug-likeness (QED) is 0.459. The van der Waals surface area contributed by atoms with Crippen LogP contribution < -0.4 is 0 Å². The van der Waals surface area contributed by atoms with Crippen LogP contribution in [0.3, 0.4) is 0 Å². The van der Waals surface area contributed by atoms with E-state index in [9.17, 15) is 0 Å². The van der Waals surface area contributed by atoms with E-state index < -0.39 is 0 Å². The third kappa shape index (κ3) is 1.89. The Hall–Kier alpha value is 0.580. The van der Waals surface area contributed by atoms with Crippen molar-refractivity contribution in [1.82, 2.24) is 0 Å². The molecule has 0 bridgehead atoms. The van der Waals surface area contributed by atoms with Gasteiger partial charge in [-0.3, -0.25) is 0 Å². The Morgan fingerprint density at radius 2 is 1.50 bits per heavy atom. The summed E-state index contributed by atoms with van der Waals surface area (Å²) in [6, 6.07) is 0. The zero-order valence-electron chi connectivity index (χ0n) is 3.52. The predicted molar refractivity (Wildman–Crippen MR) is 26.8 cm³/mol. The van der Waals surface area contributed by atoms with E-state index in [-0.39, 0.29) is 35.7 Å². The molecule has 0 amide bonds. The molecule has 1 aliphatic rings. The maximum atomic E-state index is 2.26. The Morgan fingerprint density at radius 1 is 1.00 bits per heavy atom. The number of hydrogen-bond donors (Lipinski definition) is 0. The monoisotopic (exact) mass is 172 g/mol. The fourth-order valence-corrected chi connectivity index (χ4v) is 1.18. The summed E-state index contributed by atoms with van der Waals surface area (Å²) in [4.78, 5) is 0. The molecule has 0 aromatic rings. The molecule has 2 heteroatoms. The minimum atomic E-state index is 0. The van der Waals surface area contributed by atoms with E-state index in [1.165, 1.54) is 0 Å². The van der Waals surface area contributed by atoms with E-state index in [1.54, 1.807) is 0 Å². The maximum absolute atomic E-state index is 2.26. The van der Waals surface area contributed by atoms with Gasteiger partial charge in [-0.1, -0.05) is 23.6 Å². The third-order valence-corrected chi connectivity index (χ3v) is 1.74. The van der Waals surface area contributed by atoms with Gasteiger partial charge >= 0.3 is 0 Å². The van der Waals surface area contributed by atoms with Crippen molar-refractivity contribution in [3.63, 3.8) is 0 Å². The van der Waals surface area contributed by atoms with Crippen molar-refractivity contribution in [2.45, 2.75) is 0 Å². The molecule has 0 aliphatic carbocycles. The third-order valence-electron chi connectivity index (χ3n) is 0.655. The van der Waals surface area contributed by atoms with Gasteiger partial charge in [0, 0.05) is 26.2 Å². The first kappa shape index (κ1) is 6.58. The molecule has 6 heavy (non-hydrogen) atoms. The van der Waals surface area contributed by atoms with Crippen LogP contribution in [0.15, 0.2) is 23.6 Å². The average Bonchev–Trinajstić information content (AvgIpc) is 1.76. The van der Waals surface area contributed by atoms with Crippen molar-refractivity contribution in [3.8, 4) is 0 Å². The second-order valence-electron chi connectivity index (χ2n) is 1.09. The molecule has 0 nitrogen and oxygen atoms in total. The van der Waals surface area contributed by atoms with Crippen LogP contribution in [0, 0.1) is 0 Å². The topological polar surface area (TPSA) is 0 Å². The van der Waals surface area contributed by atoms with Gasteiger partial charge in [0.2, 0.25) is 0 Å². The van der Waals surface area contributed by atoms with Crippen LogP contribution in [0.5, 0.6) is 0 Å². The molecule has 1 aliphatic heterocycles. The van der Waals surface area contributed by atoms with Gasteiger partial charge in [0.05, 0.1) is 9.52 Å². The van der Waals surface area contributed by atoms with Crippen LogP contribution in [0.25, 0.3) is 0 Å². The first-order valence-corrected chi connectivity index (χ1v) is 3.45. The Balaban J connectivity index is 0.000000250. The van der Waals surface area contributed by atoms with Crippen LogP contribution >= 0.6 is 0 Å². The van der Waals surface area contributed by atoms with Crippen molar-refractivity contribution in [2.24, 2.45) is 0 Å². The van der Waals surface area contributed by atoms with E-state index in [0.717, 1.165) is 0 Å². The van der Waals surface area contributed by atoms with Gasteiger partial charge in [-0.2, -0.15) is 0 Å². The largest absolute Gasteiger partial charge is 0.0969 e. The van der Waals surface area contributed by atoms with Gasteiger partial charge in [0.25, 0.3) is 0 Å². The average molecular weight is 173 g/mol. The molecular formula is C4H6SiZr.